The predicted molar refractivity (Wildman–Crippen MR) is 112 cm³/mol. The number of hydrogen-bond acceptors (Lipinski definition) is 4. The number of carbonyl (C=O) groups excluding carboxylic acids is 2. The van der Waals surface area contributed by atoms with E-state index in [1.165, 1.54) is 0 Å². The van der Waals surface area contributed by atoms with Crippen LogP contribution in [0.1, 0.15) is 34.3 Å². The first kappa shape index (κ1) is 20.9. The third-order valence-electron chi connectivity index (χ3n) is 5.29. The molecule has 1 aliphatic heterocycles. The molecule has 6 nitrogen and oxygen atoms in total. The van der Waals surface area contributed by atoms with E-state index in [9.17, 15) is 9.59 Å². The second kappa shape index (κ2) is 9.56. The first-order chi connectivity index (χ1) is 14.0. The van der Waals surface area contributed by atoms with Crippen molar-refractivity contribution < 1.29 is 19.1 Å². The van der Waals surface area contributed by atoms with Crippen LogP contribution in [0.15, 0.2) is 42.5 Å². The summed E-state index contributed by atoms with van der Waals surface area (Å²) in [7, 11) is 1.58. The third-order valence-corrected chi connectivity index (χ3v) is 5.29. The Labute approximate surface area is 171 Å². The summed E-state index contributed by atoms with van der Waals surface area (Å²) in [5.41, 5.74) is 3.41. The molecule has 3 rings (SSSR count). The minimum atomic E-state index is -0.224. The molecular weight excluding hydrogens is 368 g/mol. The molecule has 154 valence electrons. The lowest BCUT2D eigenvalue weighted by Gasteiger charge is -2.25. The summed E-state index contributed by atoms with van der Waals surface area (Å²) in [5, 5.41) is 2.94. The lowest BCUT2D eigenvalue weighted by molar-refractivity contribution is -0.117. The van der Waals surface area contributed by atoms with Crippen LogP contribution in [0.3, 0.4) is 0 Å². The van der Waals surface area contributed by atoms with Crippen LogP contribution >= 0.6 is 0 Å². The zero-order valence-electron chi connectivity index (χ0n) is 17.2. The number of rotatable bonds is 7. The first-order valence-corrected chi connectivity index (χ1v) is 9.89. The maximum absolute atomic E-state index is 13.1. The normalized spacial score (nSPS) is 15.8. The Morgan fingerprint density at radius 3 is 2.59 bits per heavy atom. The van der Waals surface area contributed by atoms with Crippen molar-refractivity contribution in [2.75, 3.05) is 32.1 Å². The summed E-state index contributed by atoms with van der Waals surface area (Å²) in [6.07, 6.45) is 1.83. The van der Waals surface area contributed by atoms with Crippen molar-refractivity contribution in [1.29, 1.82) is 0 Å². The van der Waals surface area contributed by atoms with Crippen molar-refractivity contribution in [2.45, 2.75) is 32.8 Å². The Kier molecular flexibility index (Phi) is 6.88. The second-order valence-corrected chi connectivity index (χ2v) is 7.34. The minimum absolute atomic E-state index is 0.0297. The fourth-order valence-electron chi connectivity index (χ4n) is 3.42. The topological polar surface area (TPSA) is 67.9 Å². The molecule has 1 atom stereocenters. The van der Waals surface area contributed by atoms with Crippen molar-refractivity contribution in [1.82, 2.24) is 4.90 Å². The van der Waals surface area contributed by atoms with Crippen LogP contribution in [0.5, 0.6) is 5.75 Å². The molecule has 1 aliphatic rings. The molecule has 0 bridgehead atoms. The van der Waals surface area contributed by atoms with Gasteiger partial charge in [0.15, 0.2) is 0 Å². The Bertz CT molecular complexity index is 858. The van der Waals surface area contributed by atoms with E-state index in [0.29, 0.717) is 24.5 Å². The lowest BCUT2D eigenvalue weighted by Crippen LogP contribution is -2.42. The number of methoxy groups -OCH3 is 1. The molecule has 0 radical (unpaired) electrons. The van der Waals surface area contributed by atoms with Crippen molar-refractivity contribution in [3.63, 3.8) is 0 Å². The Hall–Kier alpha value is -2.86. The molecule has 2 amide bonds. The number of benzene rings is 2. The first-order valence-electron chi connectivity index (χ1n) is 9.89. The average Bonchev–Trinajstić information content (AvgIpc) is 3.23. The molecule has 6 heteroatoms. The molecule has 0 saturated carbocycles. The third kappa shape index (κ3) is 5.35. The summed E-state index contributed by atoms with van der Waals surface area (Å²) in [6.45, 7) is 5.03. The van der Waals surface area contributed by atoms with Gasteiger partial charge in [0.1, 0.15) is 12.3 Å². The number of anilines is 1. The van der Waals surface area contributed by atoms with Gasteiger partial charge in [-0.25, -0.2) is 0 Å². The molecule has 1 N–H and O–H groups in total. The van der Waals surface area contributed by atoms with Crippen LogP contribution < -0.4 is 10.1 Å². The molecule has 1 saturated heterocycles. The van der Waals surface area contributed by atoms with Gasteiger partial charge in [0.05, 0.1) is 13.2 Å². The van der Waals surface area contributed by atoms with Crippen LogP contribution in [0.25, 0.3) is 0 Å². The van der Waals surface area contributed by atoms with Crippen LogP contribution in [-0.4, -0.2) is 49.6 Å². The standard InChI is InChI=1S/C23H28N2O4/c1-16-6-4-8-21(17(16)2)24-22(26)15-25(14-20-7-5-13-29-20)23(27)18-9-11-19(28-3)12-10-18/h4,6,8-12,20H,5,7,13-15H2,1-3H3,(H,24,26)/t20-/m1/s1. The van der Waals surface area contributed by atoms with Gasteiger partial charge >= 0.3 is 0 Å². The van der Waals surface area contributed by atoms with E-state index in [1.807, 2.05) is 32.0 Å². The zero-order chi connectivity index (χ0) is 20.8. The van der Waals surface area contributed by atoms with Crippen LogP contribution in [0, 0.1) is 13.8 Å². The highest BCUT2D eigenvalue weighted by atomic mass is 16.5. The minimum Gasteiger partial charge on any atom is -0.497 e. The van der Waals surface area contributed by atoms with Gasteiger partial charge in [-0.15, -0.1) is 0 Å². The van der Waals surface area contributed by atoms with E-state index >= 15 is 0 Å². The lowest BCUT2D eigenvalue weighted by atomic mass is 10.1. The molecule has 1 fully saturated rings. The van der Waals surface area contributed by atoms with E-state index in [2.05, 4.69) is 5.32 Å². The number of nitrogens with zero attached hydrogens (tertiary/aromatic N) is 1. The maximum atomic E-state index is 13.1. The predicted octanol–water partition coefficient (Wildman–Crippen LogP) is 3.57. The van der Waals surface area contributed by atoms with E-state index in [0.717, 1.165) is 29.7 Å². The Balaban J connectivity index is 1.74. The molecule has 0 spiro atoms. The molecule has 0 unspecified atom stereocenters. The summed E-state index contributed by atoms with van der Waals surface area (Å²) in [5.74, 6) is 0.262. The fourth-order valence-corrected chi connectivity index (χ4v) is 3.42. The molecule has 2 aromatic rings. The number of amides is 2. The summed E-state index contributed by atoms with van der Waals surface area (Å²) in [6, 6.07) is 12.7. The largest absolute Gasteiger partial charge is 0.497 e. The van der Waals surface area contributed by atoms with Crippen molar-refractivity contribution in [2.24, 2.45) is 0 Å². The number of hydrogen-bond donors (Lipinski definition) is 1. The van der Waals surface area contributed by atoms with Crippen molar-refractivity contribution >= 4 is 17.5 Å². The fraction of sp³-hybridized carbons (Fsp3) is 0.391. The highest BCUT2D eigenvalue weighted by molar-refractivity contribution is 5.99. The number of carbonyl (C=O) groups is 2. The summed E-state index contributed by atoms with van der Waals surface area (Å²) in [4.78, 5) is 27.4. The average molecular weight is 396 g/mol. The highest BCUT2D eigenvalue weighted by Gasteiger charge is 2.25. The van der Waals surface area contributed by atoms with Crippen LogP contribution in [0.4, 0.5) is 5.69 Å². The van der Waals surface area contributed by atoms with E-state index in [1.54, 1.807) is 36.3 Å². The Morgan fingerprint density at radius 2 is 1.93 bits per heavy atom. The zero-order valence-corrected chi connectivity index (χ0v) is 17.2. The van der Waals surface area contributed by atoms with Crippen molar-refractivity contribution in [3.8, 4) is 5.75 Å². The van der Waals surface area contributed by atoms with Crippen molar-refractivity contribution in [3.05, 3.63) is 59.2 Å². The van der Waals surface area contributed by atoms with Gasteiger partial charge in [-0.05, 0) is 68.1 Å². The van der Waals surface area contributed by atoms with Gasteiger partial charge in [0.25, 0.3) is 5.91 Å². The van der Waals surface area contributed by atoms with Crippen LogP contribution in [0.2, 0.25) is 0 Å². The van der Waals surface area contributed by atoms with Gasteiger partial charge in [-0.1, -0.05) is 12.1 Å². The number of nitrogens with one attached hydrogen (secondary N) is 1. The van der Waals surface area contributed by atoms with Crippen LogP contribution in [-0.2, 0) is 9.53 Å². The van der Waals surface area contributed by atoms with Gasteiger partial charge in [-0.2, -0.15) is 0 Å². The monoisotopic (exact) mass is 396 g/mol. The highest BCUT2D eigenvalue weighted by Crippen LogP contribution is 2.19. The number of aryl methyl sites for hydroxylation is 1. The SMILES string of the molecule is COc1ccc(C(=O)N(CC(=O)Nc2cccc(C)c2C)C[C@H]2CCCO2)cc1. The van der Waals surface area contributed by atoms with Gasteiger partial charge in [0, 0.05) is 24.4 Å². The molecular formula is C23H28N2O4. The molecule has 2 aromatic carbocycles. The van der Waals surface area contributed by atoms with Gasteiger partial charge in [0.2, 0.25) is 5.91 Å². The van der Waals surface area contributed by atoms with Gasteiger partial charge in [-0.3, -0.25) is 9.59 Å². The van der Waals surface area contributed by atoms with E-state index in [4.69, 9.17) is 9.47 Å². The molecule has 1 heterocycles. The molecule has 29 heavy (non-hydrogen) atoms. The molecule has 0 aromatic heterocycles. The number of ether oxygens (including phenoxy) is 2. The smallest absolute Gasteiger partial charge is 0.254 e. The molecule has 0 aliphatic carbocycles. The van der Waals surface area contributed by atoms with E-state index < -0.39 is 0 Å². The summed E-state index contributed by atoms with van der Waals surface area (Å²) < 4.78 is 10.9. The second-order valence-electron chi connectivity index (χ2n) is 7.34. The van der Waals surface area contributed by atoms with Gasteiger partial charge < -0.3 is 19.7 Å². The summed E-state index contributed by atoms with van der Waals surface area (Å²) >= 11 is 0. The maximum Gasteiger partial charge on any atom is 0.254 e. The quantitative estimate of drug-likeness (QED) is 0.777. The van der Waals surface area contributed by atoms with E-state index in [-0.39, 0.29) is 24.5 Å². The Morgan fingerprint density at radius 1 is 1.17 bits per heavy atom.